The van der Waals surface area contributed by atoms with E-state index in [4.69, 9.17) is 0 Å². The first kappa shape index (κ1) is 14.3. The zero-order chi connectivity index (χ0) is 13.2. The van der Waals surface area contributed by atoms with E-state index in [1.165, 1.54) is 19.1 Å². The van der Waals surface area contributed by atoms with E-state index in [0.717, 1.165) is 44.8 Å². The van der Waals surface area contributed by atoms with Crippen LogP contribution in [0.5, 0.6) is 0 Å². The van der Waals surface area contributed by atoms with Crippen molar-refractivity contribution in [3.63, 3.8) is 0 Å². The minimum atomic E-state index is -2.85. The van der Waals surface area contributed by atoms with Crippen molar-refractivity contribution in [1.29, 1.82) is 0 Å². The normalized spacial score (nSPS) is 34.9. The predicted octanol–water partition coefficient (Wildman–Crippen LogP) is 0.884. The van der Waals surface area contributed by atoms with Crippen LogP contribution < -0.4 is 5.32 Å². The van der Waals surface area contributed by atoms with Crippen molar-refractivity contribution in [2.24, 2.45) is 5.92 Å². The van der Waals surface area contributed by atoms with Gasteiger partial charge >= 0.3 is 0 Å². The van der Waals surface area contributed by atoms with E-state index in [9.17, 15) is 8.42 Å². The molecule has 1 saturated heterocycles. The molecule has 5 heteroatoms. The van der Waals surface area contributed by atoms with Crippen LogP contribution in [0.3, 0.4) is 0 Å². The summed E-state index contributed by atoms with van der Waals surface area (Å²) >= 11 is 0. The fourth-order valence-electron chi connectivity index (χ4n) is 3.49. The van der Waals surface area contributed by atoms with Gasteiger partial charge in [-0.1, -0.05) is 6.42 Å². The van der Waals surface area contributed by atoms with Gasteiger partial charge in [0.1, 0.15) is 9.84 Å². The molecule has 2 rings (SSSR count). The summed E-state index contributed by atoms with van der Waals surface area (Å²) in [6.07, 6.45) is 6.61. The van der Waals surface area contributed by atoms with Gasteiger partial charge < -0.3 is 10.2 Å². The van der Waals surface area contributed by atoms with Gasteiger partial charge in [-0.05, 0) is 51.7 Å². The zero-order valence-electron chi connectivity index (χ0n) is 11.6. The quantitative estimate of drug-likeness (QED) is 0.827. The Bertz CT molecular complexity index is 369. The summed E-state index contributed by atoms with van der Waals surface area (Å²) in [5, 5.41) is 3.15. The molecule has 1 N–H and O–H groups in total. The van der Waals surface area contributed by atoms with E-state index < -0.39 is 9.84 Å². The Morgan fingerprint density at radius 2 is 2.06 bits per heavy atom. The second-order valence-electron chi connectivity index (χ2n) is 5.98. The number of nitrogens with one attached hydrogen (secondary N) is 1. The zero-order valence-corrected chi connectivity index (χ0v) is 12.4. The lowest BCUT2D eigenvalue weighted by Crippen LogP contribution is -2.41. The Balaban J connectivity index is 1.90. The maximum absolute atomic E-state index is 11.7. The molecular weight excluding hydrogens is 248 g/mol. The number of rotatable bonds is 4. The Morgan fingerprint density at radius 1 is 1.28 bits per heavy atom. The van der Waals surface area contributed by atoms with Crippen LogP contribution in [0.25, 0.3) is 0 Å². The van der Waals surface area contributed by atoms with Gasteiger partial charge in [0, 0.05) is 18.8 Å². The second-order valence-corrected chi connectivity index (χ2v) is 8.30. The number of hydrogen-bond donors (Lipinski definition) is 1. The van der Waals surface area contributed by atoms with E-state index >= 15 is 0 Å². The van der Waals surface area contributed by atoms with Crippen molar-refractivity contribution >= 4 is 9.84 Å². The van der Waals surface area contributed by atoms with Crippen molar-refractivity contribution < 1.29 is 8.42 Å². The molecule has 18 heavy (non-hydrogen) atoms. The SMILES string of the molecule is CNCC1CCN(C2CCCC(S(C)(=O)=O)C2)C1. The Kier molecular flexibility index (Phi) is 4.67. The third-order valence-corrected chi connectivity index (χ3v) is 6.17. The molecule has 0 spiro atoms. The fraction of sp³-hybridized carbons (Fsp3) is 1.00. The summed E-state index contributed by atoms with van der Waals surface area (Å²) in [6.45, 7) is 3.37. The van der Waals surface area contributed by atoms with Crippen LogP contribution in [0, 0.1) is 5.92 Å². The Hall–Kier alpha value is -0.130. The molecule has 0 amide bonds. The molecule has 3 unspecified atom stereocenters. The molecule has 106 valence electrons. The molecule has 1 aliphatic heterocycles. The van der Waals surface area contributed by atoms with Crippen molar-refractivity contribution in [3.8, 4) is 0 Å². The van der Waals surface area contributed by atoms with Crippen LogP contribution in [0.4, 0.5) is 0 Å². The first-order valence-electron chi connectivity index (χ1n) is 7.08. The van der Waals surface area contributed by atoms with Crippen LogP contribution in [-0.4, -0.2) is 57.5 Å². The van der Waals surface area contributed by atoms with E-state index in [1.54, 1.807) is 0 Å². The molecule has 0 bridgehead atoms. The van der Waals surface area contributed by atoms with Gasteiger partial charge in [0.15, 0.2) is 0 Å². The molecule has 1 saturated carbocycles. The molecule has 0 radical (unpaired) electrons. The minimum Gasteiger partial charge on any atom is -0.319 e. The molecule has 1 aliphatic carbocycles. The second kappa shape index (κ2) is 5.88. The largest absolute Gasteiger partial charge is 0.319 e. The van der Waals surface area contributed by atoms with Crippen molar-refractivity contribution in [1.82, 2.24) is 10.2 Å². The van der Waals surface area contributed by atoms with Crippen molar-refractivity contribution in [2.75, 3.05) is 32.9 Å². The highest BCUT2D eigenvalue weighted by molar-refractivity contribution is 7.91. The van der Waals surface area contributed by atoms with Gasteiger partial charge in [0.2, 0.25) is 0 Å². The summed E-state index contributed by atoms with van der Waals surface area (Å²) in [4.78, 5) is 2.53. The smallest absolute Gasteiger partial charge is 0.150 e. The van der Waals surface area contributed by atoms with Gasteiger partial charge in [-0.2, -0.15) is 0 Å². The Morgan fingerprint density at radius 3 is 2.72 bits per heavy atom. The minimum absolute atomic E-state index is 0.0976. The average Bonchev–Trinajstić information content (AvgIpc) is 2.77. The maximum Gasteiger partial charge on any atom is 0.150 e. The summed E-state index contributed by atoms with van der Waals surface area (Å²) in [5.74, 6) is 0.744. The first-order valence-corrected chi connectivity index (χ1v) is 9.03. The van der Waals surface area contributed by atoms with Gasteiger partial charge in [-0.3, -0.25) is 0 Å². The van der Waals surface area contributed by atoms with Crippen LogP contribution in [-0.2, 0) is 9.84 Å². The monoisotopic (exact) mass is 274 g/mol. The third kappa shape index (κ3) is 3.45. The standard InChI is InChI=1S/C13H26N2O2S/c1-14-9-11-6-7-15(10-11)12-4-3-5-13(8-12)18(2,16)17/h11-14H,3-10H2,1-2H3. The lowest BCUT2D eigenvalue weighted by molar-refractivity contribution is 0.186. The third-order valence-electron chi connectivity index (χ3n) is 4.53. The number of hydrogen-bond acceptors (Lipinski definition) is 4. The van der Waals surface area contributed by atoms with Gasteiger partial charge in [-0.25, -0.2) is 8.42 Å². The molecule has 2 aliphatic rings. The van der Waals surface area contributed by atoms with Crippen LogP contribution >= 0.6 is 0 Å². The summed E-state index contributed by atoms with van der Waals surface area (Å²) < 4.78 is 23.4. The van der Waals surface area contributed by atoms with E-state index in [1.807, 2.05) is 7.05 Å². The van der Waals surface area contributed by atoms with Crippen LogP contribution in [0.1, 0.15) is 32.1 Å². The first-order chi connectivity index (χ1) is 8.50. The topological polar surface area (TPSA) is 49.4 Å². The lowest BCUT2D eigenvalue weighted by Gasteiger charge is -2.34. The van der Waals surface area contributed by atoms with Gasteiger partial charge in [0.25, 0.3) is 0 Å². The van der Waals surface area contributed by atoms with Crippen LogP contribution in [0.15, 0.2) is 0 Å². The maximum atomic E-state index is 11.7. The van der Waals surface area contributed by atoms with Crippen LogP contribution in [0.2, 0.25) is 0 Å². The highest BCUT2D eigenvalue weighted by atomic mass is 32.2. The molecule has 0 aromatic heterocycles. The number of likely N-dealkylation sites (tertiary alicyclic amines) is 1. The molecule has 2 fully saturated rings. The molecule has 3 atom stereocenters. The summed E-state index contributed by atoms with van der Waals surface area (Å²) in [7, 11) is -0.848. The molecule has 0 aromatic carbocycles. The van der Waals surface area contributed by atoms with Crippen molar-refractivity contribution in [2.45, 2.75) is 43.4 Å². The number of sulfone groups is 1. The van der Waals surface area contributed by atoms with E-state index in [0.29, 0.717) is 6.04 Å². The van der Waals surface area contributed by atoms with E-state index in [-0.39, 0.29) is 5.25 Å². The average molecular weight is 274 g/mol. The Labute approximate surface area is 111 Å². The number of nitrogens with zero attached hydrogens (tertiary/aromatic N) is 1. The lowest BCUT2D eigenvalue weighted by atomic mass is 9.94. The summed E-state index contributed by atoms with van der Waals surface area (Å²) in [5.41, 5.74) is 0. The molecular formula is C13H26N2O2S. The van der Waals surface area contributed by atoms with E-state index in [2.05, 4.69) is 10.2 Å². The van der Waals surface area contributed by atoms with Gasteiger partial charge in [-0.15, -0.1) is 0 Å². The fourth-order valence-corrected chi connectivity index (χ4v) is 4.66. The predicted molar refractivity (Wildman–Crippen MR) is 74.5 cm³/mol. The summed E-state index contributed by atoms with van der Waals surface area (Å²) in [6, 6.07) is 0.500. The highest BCUT2D eigenvalue weighted by Crippen LogP contribution is 2.30. The highest BCUT2D eigenvalue weighted by Gasteiger charge is 2.34. The molecule has 0 aromatic rings. The van der Waals surface area contributed by atoms with Gasteiger partial charge in [0.05, 0.1) is 5.25 Å². The molecule has 4 nitrogen and oxygen atoms in total. The molecule has 1 heterocycles. The van der Waals surface area contributed by atoms with Crippen molar-refractivity contribution in [3.05, 3.63) is 0 Å².